The van der Waals surface area contributed by atoms with E-state index < -0.39 is 0 Å². The van der Waals surface area contributed by atoms with Crippen LogP contribution in [0.2, 0.25) is 0 Å². The molecule has 1 N–H and O–H groups in total. The third-order valence-corrected chi connectivity index (χ3v) is 5.53. The van der Waals surface area contributed by atoms with E-state index in [1.165, 1.54) is 45.1 Å². The Morgan fingerprint density at radius 2 is 1.79 bits per heavy atom. The van der Waals surface area contributed by atoms with Gasteiger partial charge in [-0.15, -0.1) is 0 Å². The van der Waals surface area contributed by atoms with Gasteiger partial charge in [0.2, 0.25) is 0 Å². The number of rotatable bonds is 3. The molecule has 3 heteroatoms. The molecule has 0 bridgehead atoms. The lowest BCUT2D eigenvalue weighted by Gasteiger charge is -2.44. The molecule has 3 fully saturated rings. The van der Waals surface area contributed by atoms with Gasteiger partial charge < -0.3 is 14.8 Å². The average Bonchev–Trinajstić information content (AvgIpc) is 2.85. The fourth-order valence-electron chi connectivity index (χ4n) is 4.09. The van der Waals surface area contributed by atoms with Gasteiger partial charge in [0.05, 0.1) is 5.60 Å². The lowest BCUT2D eigenvalue weighted by Crippen LogP contribution is -2.51. The Morgan fingerprint density at radius 3 is 2.53 bits per heavy atom. The Balaban J connectivity index is 1.50. The van der Waals surface area contributed by atoms with E-state index >= 15 is 0 Å². The van der Waals surface area contributed by atoms with Gasteiger partial charge in [0.25, 0.3) is 0 Å². The topological polar surface area (TPSA) is 30.5 Å². The van der Waals surface area contributed by atoms with Crippen molar-refractivity contribution in [3.8, 4) is 0 Å². The van der Waals surface area contributed by atoms with Crippen LogP contribution < -0.4 is 5.32 Å². The first-order valence-corrected chi connectivity index (χ1v) is 8.15. The maximum atomic E-state index is 6.11. The second-order valence-corrected chi connectivity index (χ2v) is 7.23. The first-order chi connectivity index (χ1) is 9.20. The van der Waals surface area contributed by atoms with Gasteiger partial charge in [-0.2, -0.15) is 0 Å². The quantitative estimate of drug-likeness (QED) is 0.853. The van der Waals surface area contributed by atoms with E-state index in [1.807, 2.05) is 0 Å². The van der Waals surface area contributed by atoms with Gasteiger partial charge in [0.1, 0.15) is 0 Å². The molecular formula is C16H29NO2. The lowest BCUT2D eigenvalue weighted by molar-refractivity contribution is -0.140. The molecule has 2 aliphatic heterocycles. The summed E-state index contributed by atoms with van der Waals surface area (Å²) in [5.41, 5.74) is 0.686. The molecule has 1 atom stereocenters. The van der Waals surface area contributed by atoms with E-state index in [0.29, 0.717) is 11.5 Å². The smallest absolute Gasteiger partial charge is 0.0741 e. The van der Waals surface area contributed by atoms with E-state index in [9.17, 15) is 0 Å². The van der Waals surface area contributed by atoms with Crippen molar-refractivity contribution in [2.45, 2.75) is 69.9 Å². The zero-order chi connectivity index (χ0) is 13.2. The molecule has 1 unspecified atom stereocenters. The summed E-state index contributed by atoms with van der Waals surface area (Å²) in [5, 5.41) is 3.85. The van der Waals surface area contributed by atoms with Crippen molar-refractivity contribution in [2.24, 2.45) is 5.41 Å². The molecule has 110 valence electrons. The van der Waals surface area contributed by atoms with Crippen LogP contribution in [-0.4, -0.2) is 38.0 Å². The predicted molar refractivity (Wildman–Crippen MR) is 76.3 cm³/mol. The van der Waals surface area contributed by atoms with Crippen molar-refractivity contribution >= 4 is 0 Å². The van der Waals surface area contributed by atoms with Crippen LogP contribution in [0.25, 0.3) is 0 Å². The average molecular weight is 267 g/mol. The van der Waals surface area contributed by atoms with Crippen molar-refractivity contribution in [1.82, 2.24) is 5.32 Å². The largest absolute Gasteiger partial charge is 0.381 e. The van der Waals surface area contributed by atoms with Crippen LogP contribution in [0.15, 0.2) is 0 Å². The molecule has 0 amide bonds. The monoisotopic (exact) mass is 267 g/mol. The summed E-state index contributed by atoms with van der Waals surface area (Å²) in [6, 6.07) is 0.657. The predicted octanol–water partition coefficient (Wildman–Crippen LogP) is 2.88. The van der Waals surface area contributed by atoms with Gasteiger partial charge in [-0.3, -0.25) is 0 Å². The van der Waals surface area contributed by atoms with Gasteiger partial charge in [-0.1, -0.05) is 19.8 Å². The molecule has 0 radical (unpaired) electrons. The Bertz CT molecular complexity index is 288. The Morgan fingerprint density at radius 1 is 1.05 bits per heavy atom. The van der Waals surface area contributed by atoms with Crippen molar-refractivity contribution in [3.63, 3.8) is 0 Å². The van der Waals surface area contributed by atoms with Crippen molar-refractivity contribution < 1.29 is 9.47 Å². The molecule has 1 saturated carbocycles. The number of hydrogen-bond donors (Lipinski definition) is 1. The van der Waals surface area contributed by atoms with Crippen LogP contribution in [0, 0.1) is 5.41 Å². The summed E-state index contributed by atoms with van der Waals surface area (Å²) in [6.07, 6.45) is 10.2. The first kappa shape index (κ1) is 13.8. The van der Waals surface area contributed by atoms with Crippen LogP contribution in [0.4, 0.5) is 0 Å². The minimum absolute atomic E-state index is 0.130. The van der Waals surface area contributed by atoms with Crippen molar-refractivity contribution in [3.05, 3.63) is 0 Å². The molecule has 19 heavy (non-hydrogen) atoms. The summed E-state index contributed by atoms with van der Waals surface area (Å²) < 4.78 is 11.6. The zero-order valence-electron chi connectivity index (χ0n) is 12.4. The Hall–Kier alpha value is -0.120. The van der Waals surface area contributed by atoms with Crippen LogP contribution in [0.3, 0.4) is 0 Å². The molecule has 1 aliphatic carbocycles. The second-order valence-electron chi connectivity index (χ2n) is 7.23. The standard InChI is InChI=1S/C16H29NO2/c1-15(5-2-3-6-15)13-17-14-4-9-19-16(12-14)7-10-18-11-8-16/h14,17H,2-13H2,1H3. The molecule has 2 saturated heterocycles. The van der Waals surface area contributed by atoms with Gasteiger partial charge >= 0.3 is 0 Å². The highest BCUT2D eigenvalue weighted by atomic mass is 16.5. The van der Waals surface area contributed by atoms with Crippen molar-refractivity contribution in [2.75, 3.05) is 26.4 Å². The van der Waals surface area contributed by atoms with Crippen LogP contribution in [0.5, 0.6) is 0 Å². The summed E-state index contributed by atoms with van der Waals surface area (Å²) in [4.78, 5) is 0. The van der Waals surface area contributed by atoms with Crippen molar-refractivity contribution in [1.29, 1.82) is 0 Å². The zero-order valence-corrected chi connectivity index (χ0v) is 12.4. The first-order valence-electron chi connectivity index (χ1n) is 8.15. The summed E-state index contributed by atoms with van der Waals surface area (Å²) in [7, 11) is 0. The third-order valence-electron chi connectivity index (χ3n) is 5.53. The lowest BCUT2D eigenvalue weighted by atomic mass is 9.83. The van der Waals surface area contributed by atoms with Crippen LogP contribution in [-0.2, 0) is 9.47 Å². The maximum Gasteiger partial charge on any atom is 0.0741 e. The van der Waals surface area contributed by atoms with E-state index in [0.717, 1.165) is 32.7 Å². The highest BCUT2D eigenvalue weighted by Crippen LogP contribution is 2.38. The highest BCUT2D eigenvalue weighted by Gasteiger charge is 2.39. The number of ether oxygens (including phenoxy) is 2. The molecule has 3 rings (SSSR count). The Labute approximate surface area is 117 Å². The minimum Gasteiger partial charge on any atom is -0.381 e. The fraction of sp³-hybridized carbons (Fsp3) is 1.00. The van der Waals surface area contributed by atoms with E-state index in [1.54, 1.807) is 0 Å². The molecule has 0 aromatic carbocycles. The van der Waals surface area contributed by atoms with Crippen LogP contribution >= 0.6 is 0 Å². The molecule has 2 heterocycles. The maximum absolute atomic E-state index is 6.11. The van der Waals surface area contributed by atoms with E-state index in [-0.39, 0.29) is 5.60 Å². The van der Waals surface area contributed by atoms with Gasteiger partial charge in [-0.05, 0) is 43.9 Å². The molecule has 3 aliphatic rings. The molecule has 1 spiro atoms. The fourth-order valence-corrected chi connectivity index (χ4v) is 4.09. The van der Waals surface area contributed by atoms with Gasteiger partial charge in [0.15, 0.2) is 0 Å². The normalized spacial score (nSPS) is 33.6. The number of nitrogens with one attached hydrogen (secondary N) is 1. The minimum atomic E-state index is 0.130. The van der Waals surface area contributed by atoms with E-state index in [2.05, 4.69) is 12.2 Å². The SMILES string of the molecule is CC1(CNC2CCOC3(CCOCC3)C2)CCCC1. The number of hydrogen-bond acceptors (Lipinski definition) is 3. The van der Waals surface area contributed by atoms with E-state index in [4.69, 9.17) is 9.47 Å². The highest BCUT2D eigenvalue weighted by molar-refractivity contribution is 4.93. The second kappa shape index (κ2) is 5.71. The van der Waals surface area contributed by atoms with Crippen LogP contribution in [0.1, 0.15) is 58.3 Å². The molecule has 0 aromatic heterocycles. The van der Waals surface area contributed by atoms with Gasteiger partial charge in [-0.25, -0.2) is 0 Å². The summed E-state index contributed by atoms with van der Waals surface area (Å²) in [5.74, 6) is 0. The third kappa shape index (κ3) is 3.32. The van der Waals surface area contributed by atoms with Gasteiger partial charge in [0, 0.05) is 32.4 Å². The summed E-state index contributed by atoms with van der Waals surface area (Å²) in [6.45, 7) is 6.34. The molecule has 0 aromatic rings. The molecular weight excluding hydrogens is 238 g/mol. The Kier molecular flexibility index (Phi) is 4.16. The summed E-state index contributed by atoms with van der Waals surface area (Å²) >= 11 is 0. The molecule has 3 nitrogen and oxygen atoms in total.